The number of nitrogens with one attached hydrogen (secondary N) is 2. The van der Waals surface area contributed by atoms with Crippen LogP contribution in [0.25, 0.3) is 0 Å². The molecule has 4 aliphatic rings. The van der Waals surface area contributed by atoms with Gasteiger partial charge in [0.15, 0.2) is 5.82 Å². The molecule has 39 heavy (non-hydrogen) atoms. The molecule has 1 saturated carbocycles. The number of anilines is 1. The van der Waals surface area contributed by atoms with Crippen LogP contribution in [0.4, 0.5) is 10.6 Å². The van der Waals surface area contributed by atoms with Crippen molar-refractivity contribution in [2.75, 3.05) is 44.7 Å². The van der Waals surface area contributed by atoms with Crippen LogP contribution in [0.15, 0.2) is 12.5 Å². The van der Waals surface area contributed by atoms with E-state index in [0.717, 1.165) is 76.3 Å². The number of carbonyl (C=O) groups is 2. The lowest BCUT2D eigenvalue weighted by molar-refractivity contribution is 0.0290. The van der Waals surface area contributed by atoms with Gasteiger partial charge in [-0.25, -0.2) is 9.78 Å². The first-order valence-corrected chi connectivity index (χ1v) is 14.1. The van der Waals surface area contributed by atoms with Crippen LogP contribution in [0, 0.1) is 5.92 Å². The molecule has 214 valence electrons. The molecule has 2 saturated heterocycles. The Labute approximate surface area is 231 Å². The van der Waals surface area contributed by atoms with Crippen LogP contribution in [0.3, 0.4) is 0 Å². The third-order valence-corrected chi connectivity index (χ3v) is 9.08. The number of aromatic nitrogens is 4. The highest BCUT2D eigenvalue weighted by molar-refractivity contribution is 6.02. The summed E-state index contributed by atoms with van der Waals surface area (Å²) >= 11 is 0. The second-order valence-corrected chi connectivity index (χ2v) is 12.0. The maximum Gasteiger partial charge on any atom is 0.321 e. The Bertz CT molecular complexity index is 1180. The summed E-state index contributed by atoms with van der Waals surface area (Å²) in [5.74, 6) is 0.879. The average molecular weight is 541 g/mol. The largest absolute Gasteiger partial charge is 0.381 e. The molecule has 3 fully saturated rings. The number of imidazole rings is 1. The van der Waals surface area contributed by atoms with Crippen LogP contribution in [0.5, 0.6) is 0 Å². The van der Waals surface area contributed by atoms with Gasteiger partial charge in [0.25, 0.3) is 5.91 Å². The number of rotatable bonds is 5. The molecule has 0 radical (unpaired) electrons. The summed E-state index contributed by atoms with van der Waals surface area (Å²) in [5.41, 5.74) is 1.55. The summed E-state index contributed by atoms with van der Waals surface area (Å²) in [6.45, 7) is 11.9. The van der Waals surface area contributed by atoms with Gasteiger partial charge in [0.05, 0.1) is 24.1 Å². The first-order chi connectivity index (χ1) is 18.3. The minimum Gasteiger partial charge on any atom is -0.381 e. The highest BCUT2D eigenvalue weighted by Crippen LogP contribution is 2.41. The molecule has 2 N–H and O–H groups in total. The monoisotopic (exact) mass is 540 g/mol. The normalized spacial score (nSPS) is 23.7. The van der Waals surface area contributed by atoms with Crippen molar-refractivity contribution in [2.45, 2.75) is 84.5 Å². The zero-order valence-corrected chi connectivity index (χ0v) is 22.8. The van der Waals surface area contributed by atoms with Crippen molar-refractivity contribution in [3.05, 3.63) is 29.5 Å². The Morgan fingerprint density at radius 1 is 1.18 bits per heavy atom. The summed E-state index contributed by atoms with van der Waals surface area (Å²) < 4.78 is 7.54. The van der Waals surface area contributed by atoms with Gasteiger partial charge in [0.2, 0.25) is 0 Å². The maximum atomic E-state index is 13.8. The lowest BCUT2D eigenvalue weighted by Crippen LogP contribution is -2.59. The van der Waals surface area contributed by atoms with Gasteiger partial charge in [0, 0.05) is 63.2 Å². The molecule has 0 unspecified atom stereocenters. The Morgan fingerprint density at radius 2 is 1.95 bits per heavy atom. The van der Waals surface area contributed by atoms with Crippen molar-refractivity contribution in [3.8, 4) is 0 Å². The van der Waals surface area contributed by atoms with Gasteiger partial charge in [0.1, 0.15) is 5.69 Å². The van der Waals surface area contributed by atoms with Crippen LogP contribution in [0.1, 0.15) is 88.1 Å². The summed E-state index contributed by atoms with van der Waals surface area (Å²) in [5, 5.41) is 10.4. The van der Waals surface area contributed by atoms with Crippen molar-refractivity contribution in [1.82, 2.24) is 34.4 Å². The molecule has 0 aromatic carbocycles. The fourth-order valence-electron chi connectivity index (χ4n) is 6.37. The molecule has 0 bridgehead atoms. The molecule has 11 nitrogen and oxygen atoms in total. The average Bonchev–Trinajstić information content (AvgIpc) is 3.55. The molecular weight excluding hydrogens is 496 g/mol. The van der Waals surface area contributed by atoms with E-state index in [2.05, 4.69) is 32.3 Å². The molecule has 3 amide bonds. The molecule has 3 aliphatic heterocycles. The van der Waals surface area contributed by atoms with Gasteiger partial charge in [-0.2, -0.15) is 5.10 Å². The summed E-state index contributed by atoms with van der Waals surface area (Å²) in [6.07, 6.45) is 9.29. The van der Waals surface area contributed by atoms with E-state index in [1.165, 1.54) is 6.42 Å². The molecule has 0 spiro atoms. The number of fused-ring (bicyclic) bond motifs is 1. The van der Waals surface area contributed by atoms with Crippen LogP contribution >= 0.6 is 0 Å². The maximum absolute atomic E-state index is 13.8. The molecule has 11 heteroatoms. The van der Waals surface area contributed by atoms with Gasteiger partial charge in [-0.15, -0.1) is 0 Å². The second-order valence-electron chi connectivity index (χ2n) is 12.0. The number of piperazine rings is 1. The topological polar surface area (TPSA) is 112 Å². The minimum absolute atomic E-state index is 0. The first kappa shape index (κ1) is 27.6. The zero-order valence-electron chi connectivity index (χ0n) is 22.8. The number of nitrogens with zero attached hydrogens (tertiary/aromatic N) is 6. The van der Waals surface area contributed by atoms with Gasteiger partial charge in [-0.3, -0.25) is 14.8 Å². The summed E-state index contributed by atoms with van der Waals surface area (Å²) in [7, 11) is 0. The molecular formula is C28H44N8O3. The number of urea groups is 1. The van der Waals surface area contributed by atoms with Crippen molar-refractivity contribution >= 4 is 17.8 Å². The number of hydrogen-bond donors (Lipinski definition) is 2. The van der Waals surface area contributed by atoms with Crippen LogP contribution in [-0.4, -0.2) is 91.8 Å². The van der Waals surface area contributed by atoms with E-state index >= 15 is 0 Å². The van der Waals surface area contributed by atoms with Crippen LogP contribution in [0.2, 0.25) is 0 Å². The van der Waals surface area contributed by atoms with Crippen LogP contribution in [-0.2, 0) is 16.8 Å². The quantitative estimate of drug-likeness (QED) is 0.596. The van der Waals surface area contributed by atoms with Gasteiger partial charge >= 0.3 is 6.03 Å². The Morgan fingerprint density at radius 3 is 2.64 bits per heavy atom. The number of carbonyl (C=O) groups excluding carboxylic acids is 2. The van der Waals surface area contributed by atoms with E-state index in [-0.39, 0.29) is 25.4 Å². The number of hydrogen-bond acceptors (Lipinski definition) is 6. The van der Waals surface area contributed by atoms with E-state index in [1.54, 1.807) is 6.33 Å². The molecule has 6 rings (SSSR count). The number of ether oxygens (including phenoxy) is 1. The molecule has 2 aromatic heterocycles. The van der Waals surface area contributed by atoms with E-state index in [4.69, 9.17) is 4.74 Å². The van der Waals surface area contributed by atoms with Gasteiger partial charge in [-0.1, -0.05) is 7.43 Å². The molecule has 5 heterocycles. The van der Waals surface area contributed by atoms with Crippen molar-refractivity contribution in [3.63, 3.8) is 0 Å². The van der Waals surface area contributed by atoms with E-state index in [1.807, 2.05) is 34.4 Å². The van der Waals surface area contributed by atoms with E-state index < -0.39 is 5.54 Å². The van der Waals surface area contributed by atoms with Crippen molar-refractivity contribution < 1.29 is 14.3 Å². The Hall–Kier alpha value is -2.92. The summed E-state index contributed by atoms with van der Waals surface area (Å²) in [4.78, 5) is 37.5. The highest BCUT2D eigenvalue weighted by atomic mass is 16.5. The van der Waals surface area contributed by atoms with E-state index in [0.29, 0.717) is 30.0 Å². The van der Waals surface area contributed by atoms with Gasteiger partial charge < -0.3 is 24.4 Å². The number of aromatic amines is 1. The number of amides is 3. The lowest BCUT2D eigenvalue weighted by Gasteiger charge is -2.44. The third-order valence-electron chi connectivity index (χ3n) is 9.08. The third kappa shape index (κ3) is 5.18. The minimum atomic E-state index is -0.562. The fourth-order valence-corrected chi connectivity index (χ4v) is 6.37. The fraction of sp³-hybridized carbons (Fsp3) is 0.714. The van der Waals surface area contributed by atoms with Crippen LogP contribution < -0.4 is 5.32 Å². The molecule has 1 atom stereocenters. The smallest absolute Gasteiger partial charge is 0.321 e. The predicted octanol–water partition coefficient (Wildman–Crippen LogP) is 3.82. The molecule has 1 aliphatic carbocycles. The Kier molecular flexibility index (Phi) is 7.74. The van der Waals surface area contributed by atoms with Crippen molar-refractivity contribution in [1.29, 1.82) is 0 Å². The lowest BCUT2D eigenvalue weighted by atomic mass is 9.93. The highest BCUT2D eigenvalue weighted by Gasteiger charge is 2.46. The second kappa shape index (κ2) is 10.9. The SMILES string of the molecule is C.C[C@H]1CN(CC2CCOCC2)CCN1C(=O)N1Cc2c(NC(=O)c3cn(C4CCC4)cn3)n[nH]c2C1(C)C. The first-order valence-electron chi connectivity index (χ1n) is 14.1. The predicted molar refractivity (Wildman–Crippen MR) is 149 cm³/mol. The van der Waals surface area contributed by atoms with Gasteiger partial charge in [-0.05, 0) is 58.8 Å². The summed E-state index contributed by atoms with van der Waals surface area (Å²) in [6, 6.07) is 0.619. The number of H-pyrrole nitrogens is 1. The Balaban J connectivity index is 0.00000308. The van der Waals surface area contributed by atoms with E-state index in [9.17, 15) is 9.59 Å². The standard InChI is InChI=1S/C27H40N8O3.CH4/c1-18-13-32(14-19-7-11-38-12-8-19)9-10-34(18)26(37)35-15-21-23(27(35,2)3)30-31-24(21)29-25(36)22-16-33(17-28-22)20-5-4-6-20;/h16-20H,4-15H2,1-3H3,(H2,29,30,31,36);1H4/t18-;/m0./s1. The van der Waals surface area contributed by atoms with Crippen molar-refractivity contribution in [2.24, 2.45) is 5.92 Å². The zero-order chi connectivity index (χ0) is 26.4. The molecule has 2 aromatic rings.